The van der Waals surface area contributed by atoms with E-state index in [2.05, 4.69) is 34.2 Å². The zero-order chi connectivity index (χ0) is 20.9. The Hall–Kier alpha value is -2.18. The Morgan fingerprint density at radius 2 is 1.73 bits per heavy atom. The van der Waals surface area contributed by atoms with Gasteiger partial charge in [-0.05, 0) is 49.5 Å². The standard InChI is InChI=1S/C23H26ClF2N3O/c24-19-8-4-5-9-21(19)29-15-20(22(25)26)27-23(29)30-16-18-10-12-28(13-11-18)14-17-6-2-1-3-7-17/h1-9,18,20,22H,10-16H2. The van der Waals surface area contributed by atoms with Crippen molar-refractivity contribution in [3.05, 3.63) is 65.2 Å². The first-order valence-corrected chi connectivity index (χ1v) is 10.7. The van der Waals surface area contributed by atoms with Crippen molar-refractivity contribution < 1.29 is 13.5 Å². The molecule has 4 nitrogen and oxygen atoms in total. The third-order valence-corrected chi connectivity index (χ3v) is 6.03. The average Bonchev–Trinajstić information content (AvgIpc) is 3.19. The predicted octanol–water partition coefficient (Wildman–Crippen LogP) is 5.08. The van der Waals surface area contributed by atoms with Crippen LogP contribution in [-0.4, -0.2) is 49.6 Å². The van der Waals surface area contributed by atoms with Crippen LogP contribution in [0, 0.1) is 5.92 Å². The highest BCUT2D eigenvalue weighted by Crippen LogP contribution is 2.30. The molecule has 0 N–H and O–H groups in total. The fourth-order valence-corrected chi connectivity index (χ4v) is 4.22. The Kier molecular flexibility index (Phi) is 6.85. The van der Waals surface area contributed by atoms with E-state index in [-0.39, 0.29) is 12.6 Å². The van der Waals surface area contributed by atoms with Gasteiger partial charge in [-0.15, -0.1) is 0 Å². The minimum absolute atomic E-state index is 0.0756. The summed E-state index contributed by atoms with van der Waals surface area (Å²) in [5, 5.41) is 0.498. The Morgan fingerprint density at radius 1 is 1.03 bits per heavy atom. The molecule has 0 saturated carbocycles. The van der Waals surface area contributed by atoms with Gasteiger partial charge in [0.15, 0.2) is 0 Å². The summed E-state index contributed by atoms with van der Waals surface area (Å²) < 4.78 is 32.5. The SMILES string of the molecule is FC(F)C1CN(c2ccccc2Cl)C(OCC2CCN(Cc3ccccc3)CC2)=N1. The number of nitrogens with zero attached hydrogens (tertiary/aromatic N) is 3. The van der Waals surface area contributed by atoms with Crippen molar-refractivity contribution in [2.45, 2.75) is 31.9 Å². The normalized spacial score (nSPS) is 20.6. The minimum Gasteiger partial charge on any atom is -0.465 e. The summed E-state index contributed by atoms with van der Waals surface area (Å²) >= 11 is 6.28. The van der Waals surface area contributed by atoms with Crippen molar-refractivity contribution in [2.75, 3.05) is 31.1 Å². The van der Waals surface area contributed by atoms with E-state index < -0.39 is 12.5 Å². The lowest BCUT2D eigenvalue weighted by atomic mass is 9.97. The van der Waals surface area contributed by atoms with Gasteiger partial charge in [0.05, 0.1) is 23.9 Å². The lowest BCUT2D eigenvalue weighted by Gasteiger charge is -2.32. The monoisotopic (exact) mass is 433 g/mol. The first kappa shape index (κ1) is 21.1. The fourth-order valence-electron chi connectivity index (χ4n) is 3.99. The topological polar surface area (TPSA) is 28.1 Å². The van der Waals surface area contributed by atoms with Crippen LogP contribution in [-0.2, 0) is 11.3 Å². The van der Waals surface area contributed by atoms with E-state index in [9.17, 15) is 8.78 Å². The molecule has 2 heterocycles. The van der Waals surface area contributed by atoms with Crippen LogP contribution in [0.5, 0.6) is 0 Å². The van der Waals surface area contributed by atoms with Crippen molar-refractivity contribution in [3.63, 3.8) is 0 Å². The molecule has 2 aliphatic rings. The van der Waals surface area contributed by atoms with Crippen LogP contribution >= 0.6 is 11.6 Å². The summed E-state index contributed by atoms with van der Waals surface area (Å²) in [4.78, 5) is 8.26. The molecule has 2 aliphatic heterocycles. The van der Waals surface area contributed by atoms with E-state index in [1.165, 1.54) is 5.56 Å². The number of piperidine rings is 1. The smallest absolute Gasteiger partial charge is 0.292 e. The summed E-state index contributed by atoms with van der Waals surface area (Å²) in [5.41, 5.74) is 1.97. The number of likely N-dealkylation sites (tertiary alicyclic amines) is 1. The highest BCUT2D eigenvalue weighted by atomic mass is 35.5. The zero-order valence-corrected chi connectivity index (χ0v) is 17.5. The molecule has 1 atom stereocenters. The number of hydrogen-bond acceptors (Lipinski definition) is 4. The highest BCUT2D eigenvalue weighted by molar-refractivity contribution is 6.33. The molecule has 30 heavy (non-hydrogen) atoms. The molecule has 4 rings (SSSR count). The number of rotatable bonds is 6. The van der Waals surface area contributed by atoms with E-state index in [1.807, 2.05) is 18.2 Å². The summed E-state index contributed by atoms with van der Waals surface area (Å²) in [5.74, 6) is 0.387. The fraction of sp³-hybridized carbons (Fsp3) is 0.435. The number of ether oxygens (including phenoxy) is 1. The molecule has 0 aromatic heterocycles. The van der Waals surface area contributed by atoms with Crippen molar-refractivity contribution in [1.82, 2.24) is 4.90 Å². The van der Waals surface area contributed by atoms with Gasteiger partial charge in [-0.1, -0.05) is 54.1 Å². The lowest BCUT2D eigenvalue weighted by molar-refractivity contribution is 0.121. The molecule has 0 bridgehead atoms. The van der Waals surface area contributed by atoms with Crippen molar-refractivity contribution in [2.24, 2.45) is 10.9 Å². The van der Waals surface area contributed by atoms with Gasteiger partial charge >= 0.3 is 0 Å². The number of halogens is 3. The molecule has 0 radical (unpaired) electrons. The molecular weight excluding hydrogens is 408 g/mol. The van der Waals surface area contributed by atoms with E-state index >= 15 is 0 Å². The van der Waals surface area contributed by atoms with Gasteiger partial charge in [-0.2, -0.15) is 0 Å². The maximum Gasteiger partial charge on any atom is 0.292 e. The number of aliphatic imine (C=N–C) groups is 1. The second-order valence-corrected chi connectivity index (χ2v) is 8.30. The van der Waals surface area contributed by atoms with Gasteiger partial charge in [-0.25, -0.2) is 13.8 Å². The molecule has 2 aromatic rings. The maximum absolute atomic E-state index is 13.3. The number of para-hydroxylation sites is 1. The number of hydrogen-bond donors (Lipinski definition) is 0. The molecule has 1 fully saturated rings. The average molecular weight is 434 g/mol. The first-order valence-electron chi connectivity index (χ1n) is 10.4. The number of anilines is 1. The van der Waals surface area contributed by atoms with Gasteiger partial charge in [0.25, 0.3) is 12.4 Å². The maximum atomic E-state index is 13.3. The highest BCUT2D eigenvalue weighted by Gasteiger charge is 2.34. The van der Waals surface area contributed by atoms with Gasteiger partial charge < -0.3 is 4.74 Å². The van der Waals surface area contributed by atoms with E-state index in [4.69, 9.17) is 16.3 Å². The zero-order valence-electron chi connectivity index (χ0n) is 16.8. The number of amidine groups is 1. The minimum atomic E-state index is -2.53. The molecule has 1 unspecified atom stereocenters. The Morgan fingerprint density at radius 3 is 2.43 bits per heavy atom. The van der Waals surface area contributed by atoms with Crippen LogP contribution in [0.2, 0.25) is 5.02 Å². The molecule has 1 saturated heterocycles. The predicted molar refractivity (Wildman–Crippen MR) is 116 cm³/mol. The van der Waals surface area contributed by atoms with E-state index in [0.29, 0.717) is 23.2 Å². The number of alkyl halides is 2. The van der Waals surface area contributed by atoms with E-state index in [0.717, 1.165) is 32.5 Å². The molecule has 160 valence electrons. The van der Waals surface area contributed by atoms with Gasteiger partial charge in [0.2, 0.25) is 0 Å². The molecule has 0 spiro atoms. The van der Waals surface area contributed by atoms with Crippen LogP contribution in [0.1, 0.15) is 18.4 Å². The molecule has 0 amide bonds. The largest absolute Gasteiger partial charge is 0.465 e. The lowest BCUT2D eigenvalue weighted by Crippen LogP contribution is -2.37. The summed E-state index contributed by atoms with van der Waals surface area (Å²) in [6, 6.07) is 16.8. The Labute approximate surface area is 181 Å². The quantitative estimate of drug-likeness (QED) is 0.636. The van der Waals surface area contributed by atoms with Crippen molar-refractivity contribution in [1.29, 1.82) is 0 Å². The Bertz CT molecular complexity index is 857. The van der Waals surface area contributed by atoms with Crippen molar-refractivity contribution in [3.8, 4) is 0 Å². The van der Waals surface area contributed by atoms with E-state index in [1.54, 1.807) is 17.0 Å². The Balaban J connectivity index is 1.33. The second kappa shape index (κ2) is 9.75. The molecule has 2 aromatic carbocycles. The summed E-state index contributed by atoms with van der Waals surface area (Å²) in [7, 11) is 0. The number of benzene rings is 2. The van der Waals surface area contributed by atoms with Crippen LogP contribution in [0.25, 0.3) is 0 Å². The summed E-state index contributed by atoms with van der Waals surface area (Å²) in [6.07, 6.45) is -0.494. The van der Waals surface area contributed by atoms with Crippen molar-refractivity contribution >= 4 is 23.3 Å². The van der Waals surface area contributed by atoms with Gasteiger partial charge in [0, 0.05) is 6.54 Å². The van der Waals surface area contributed by atoms with Gasteiger partial charge in [-0.3, -0.25) is 9.80 Å². The van der Waals surface area contributed by atoms with Crippen LogP contribution in [0.15, 0.2) is 59.6 Å². The molecular formula is C23H26ClF2N3O. The third kappa shape index (κ3) is 5.10. The molecule has 7 heteroatoms. The summed E-state index contributed by atoms with van der Waals surface area (Å²) in [6.45, 7) is 3.52. The first-order chi connectivity index (χ1) is 14.6. The van der Waals surface area contributed by atoms with Gasteiger partial charge in [0.1, 0.15) is 6.04 Å². The third-order valence-electron chi connectivity index (χ3n) is 5.72. The van der Waals surface area contributed by atoms with Crippen LogP contribution < -0.4 is 4.90 Å². The van der Waals surface area contributed by atoms with Crippen LogP contribution in [0.4, 0.5) is 14.5 Å². The van der Waals surface area contributed by atoms with Crippen LogP contribution in [0.3, 0.4) is 0 Å². The molecule has 0 aliphatic carbocycles. The second-order valence-electron chi connectivity index (χ2n) is 7.89.